The van der Waals surface area contributed by atoms with Crippen LogP contribution in [0.15, 0.2) is 0 Å². The summed E-state index contributed by atoms with van der Waals surface area (Å²) in [5.74, 6) is 0. The number of hydrogen-bond donors (Lipinski definition) is 1. The van der Waals surface area contributed by atoms with Crippen LogP contribution in [0.25, 0.3) is 0 Å². The second-order valence-electron chi connectivity index (χ2n) is 0.233. The Hall–Kier alpha value is 0.833. The zero-order valence-corrected chi connectivity index (χ0v) is 7.59. The predicted molar refractivity (Wildman–Crippen MR) is 30.1 cm³/mol. The molecule has 0 aliphatic carbocycles. The van der Waals surface area contributed by atoms with Crippen molar-refractivity contribution in [2.75, 3.05) is 0 Å². The molecule has 0 rings (SSSR count). The van der Waals surface area contributed by atoms with Crippen LogP contribution in [0.1, 0.15) is 0 Å². The van der Waals surface area contributed by atoms with Gasteiger partial charge in [-0.2, -0.15) is 0 Å². The minimum absolute atomic E-state index is 0. The van der Waals surface area contributed by atoms with Crippen LogP contribution in [-0.2, 0) is 66.6 Å². The summed E-state index contributed by atoms with van der Waals surface area (Å²) in [5.41, 5.74) is 0. The van der Waals surface area contributed by atoms with Gasteiger partial charge in [0.2, 0.25) is 0 Å². The summed E-state index contributed by atoms with van der Waals surface area (Å²) in [7, 11) is 0. The van der Waals surface area contributed by atoms with E-state index in [1.807, 2.05) is 0 Å². The smallest absolute Gasteiger partial charge is 0 e. The summed E-state index contributed by atoms with van der Waals surface area (Å²) in [4.78, 5) is 20.7. The SMILES string of the molecule is O=[C]=[Fe]=[C]=O.O[S-].[Ni].[SH-]. The molecule has 9 heavy (non-hydrogen) atoms. The first kappa shape index (κ1) is 22.5. The van der Waals surface area contributed by atoms with Crippen LogP contribution < -0.4 is 0 Å². The minimum Gasteiger partial charge on any atom is -0.813 e. The van der Waals surface area contributed by atoms with Crippen LogP contribution in [0.3, 0.4) is 0 Å². The third-order valence-corrected chi connectivity index (χ3v) is 0.298. The van der Waals surface area contributed by atoms with Crippen LogP contribution in [0, 0.1) is 0 Å². The van der Waals surface area contributed by atoms with Gasteiger partial charge in [-0.25, -0.2) is 0 Å². The standard InChI is InChI=1S/2CO.Fe.Ni.H2OS.H2S/c2*1-2;;;1-2;/h;;;;1-2H;1H2/p-2. The van der Waals surface area contributed by atoms with Crippen molar-refractivity contribution in [1.82, 2.24) is 0 Å². The topological polar surface area (TPSA) is 54.4 Å². The maximum atomic E-state index is 9.02. The molecule has 0 radical (unpaired) electrons. The molecule has 0 amide bonds. The Labute approximate surface area is 80.4 Å². The van der Waals surface area contributed by atoms with Crippen molar-refractivity contribution in [3.63, 3.8) is 0 Å². The molecule has 0 aromatic heterocycles. The molecule has 0 saturated heterocycles. The molecule has 7 heteroatoms. The molecule has 0 saturated carbocycles. The molecule has 0 bridgehead atoms. The second-order valence-corrected chi connectivity index (χ2v) is 0.960. The fraction of sp³-hybridized carbons (Fsp3) is 0. The van der Waals surface area contributed by atoms with Crippen LogP contribution in [0.5, 0.6) is 0 Å². The van der Waals surface area contributed by atoms with Gasteiger partial charge in [-0.1, -0.05) is 0 Å². The molecule has 0 atom stereocenters. The van der Waals surface area contributed by atoms with Crippen LogP contribution in [0.4, 0.5) is 0 Å². The number of thiol groups is 1. The van der Waals surface area contributed by atoms with Gasteiger partial charge in [-0.15, -0.1) is 0 Å². The second kappa shape index (κ2) is 36.9. The van der Waals surface area contributed by atoms with Gasteiger partial charge in [0.1, 0.15) is 0 Å². The van der Waals surface area contributed by atoms with Gasteiger partial charge in [0.25, 0.3) is 0 Å². The van der Waals surface area contributed by atoms with Crippen molar-refractivity contribution < 1.29 is 44.7 Å². The van der Waals surface area contributed by atoms with Gasteiger partial charge in [0.15, 0.2) is 0 Å². The van der Waals surface area contributed by atoms with Crippen molar-refractivity contribution in [2.45, 2.75) is 0 Å². The van der Waals surface area contributed by atoms with E-state index in [1.165, 1.54) is 9.57 Å². The summed E-state index contributed by atoms with van der Waals surface area (Å²) in [6, 6.07) is 0. The van der Waals surface area contributed by atoms with E-state index >= 15 is 0 Å². The largest absolute Gasteiger partial charge is 0.813 e. The summed E-state index contributed by atoms with van der Waals surface area (Å²) >= 11 is 2.86. The molecular formula is C2H2FeNiO3S2-2. The Balaban J connectivity index is -0.0000000286. The zero-order valence-electron chi connectivity index (χ0n) is 3.79. The van der Waals surface area contributed by atoms with Gasteiger partial charge < -0.3 is 31.0 Å². The number of hydrogen-bond acceptors (Lipinski definition) is 5. The van der Waals surface area contributed by atoms with E-state index in [4.69, 9.17) is 14.1 Å². The first-order valence-electron chi connectivity index (χ1n) is 0.944. The molecular weight excluding hydrogens is 251 g/mol. The van der Waals surface area contributed by atoms with E-state index in [0.29, 0.717) is 0 Å². The molecule has 0 unspecified atom stereocenters. The van der Waals surface area contributed by atoms with Crippen molar-refractivity contribution in [3.8, 4) is 0 Å². The quantitative estimate of drug-likeness (QED) is 0.338. The summed E-state index contributed by atoms with van der Waals surface area (Å²) in [5, 5.41) is 0. The monoisotopic (exact) mass is 252 g/mol. The van der Waals surface area contributed by atoms with E-state index in [2.05, 4.69) is 12.9 Å². The molecule has 0 aliphatic rings. The Bertz CT molecular complexity index is 112. The van der Waals surface area contributed by atoms with Gasteiger partial charge in [-0.05, 0) is 0 Å². The van der Waals surface area contributed by atoms with Gasteiger partial charge in [0, 0.05) is 16.5 Å². The summed E-state index contributed by atoms with van der Waals surface area (Å²) in [6.07, 6.45) is 0. The Morgan fingerprint density at radius 2 is 1.44 bits per heavy atom. The average Bonchev–Trinajstić information content (AvgIpc) is 1.75. The fourth-order valence-corrected chi connectivity index (χ4v) is 0.0607. The Morgan fingerprint density at radius 3 is 1.44 bits per heavy atom. The maximum Gasteiger partial charge on any atom is 0 e. The molecule has 1 N–H and O–H groups in total. The molecule has 0 aromatic carbocycles. The first-order valence-corrected chi connectivity index (χ1v) is 2.41. The predicted octanol–water partition coefficient (Wildman–Crippen LogP) is -1.06. The van der Waals surface area contributed by atoms with Gasteiger partial charge in [0.05, 0.1) is 0 Å². The molecule has 3 nitrogen and oxygen atoms in total. The van der Waals surface area contributed by atoms with Crippen LogP contribution in [-0.4, -0.2) is 14.1 Å². The first-order chi connectivity index (χ1) is 3.41. The van der Waals surface area contributed by atoms with Crippen molar-refractivity contribution in [1.29, 1.82) is 0 Å². The minimum atomic E-state index is -0.222. The molecule has 60 valence electrons. The number of carbonyl (C=O) groups excluding carboxylic acids is 2. The maximum absolute atomic E-state index is 9.02. The summed E-state index contributed by atoms with van der Waals surface area (Å²) < 4.78 is 6.58. The number of rotatable bonds is 0. The van der Waals surface area contributed by atoms with Gasteiger partial charge >= 0.3 is 33.2 Å². The normalized spacial score (nSPS) is 3.33. The Kier molecular flexibility index (Phi) is 92.4. The van der Waals surface area contributed by atoms with Gasteiger partial charge in [-0.3, -0.25) is 0 Å². The van der Waals surface area contributed by atoms with Crippen molar-refractivity contribution in [3.05, 3.63) is 0 Å². The summed E-state index contributed by atoms with van der Waals surface area (Å²) in [6.45, 7) is 0. The van der Waals surface area contributed by atoms with Crippen LogP contribution in [0.2, 0.25) is 0 Å². The molecule has 0 heterocycles. The van der Waals surface area contributed by atoms with E-state index < -0.39 is 0 Å². The molecule has 0 fully saturated rings. The van der Waals surface area contributed by atoms with Crippen molar-refractivity contribution in [2.24, 2.45) is 0 Å². The van der Waals surface area contributed by atoms with Crippen molar-refractivity contribution >= 4 is 36.0 Å². The van der Waals surface area contributed by atoms with E-state index in [-0.39, 0.29) is 44.1 Å². The molecule has 0 aliphatic heterocycles. The van der Waals surface area contributed by atoms with Crippen LogP contribution >= 0.6 is 0 Å². The zero-order chi connectivity index (χ0) is 6.12. The molecule has 0 aromatic rings. The molecule has 0 spiro atoms. The third kappa shape index (κ3) is 51.4. The fourth-order valence-electron chi connectivity index (χ4n) is 0.0147. The average molecular weight is 253 g/mol. The van der Waals surface area contributed by atoms with E-state index in [1.54, 1.807) is 0 Å². The third-order valence-electron chi connectivity index (χ3n) is 0.0722. The Morgan fingerprint density at radius 1 is 1.22 bits per heavy atom. The van der Waals surface area contributed by atoms with E-state index in [9.17, 15) is 0 Å². The van der Waals surface area contributed by atoms with E-state index in [0.717, 1.165) is 0 Å².